The van der Waals surface area contributed by atoms with Gasteiger partial charge in [0.2, 0.25) is 5.91 Å². The number of nitrogens with zero attached hydrogens (tertiary/aromatic N) is 2. The van der Waals surface area contributed by atoms with Crippen LogP contribution in [0.15, 0.2) is 70.6 Å². The zero-order valence-electron chi connectivity index (χ0n) is 14.7. The number of carbonyl (C=O) groups excluding carboxylic acids is 1. The maximum Gasteiger partial charge on any atom is 0.254 e. The van der Waals surface area contributed by atoms with Gasteiger partial charge in [-0.05, 0) is 30.7 Å². The molecule has 1 heterocycles. The van der Waals surface area contributed by atoms with Crippen LogP contribution in [0.1, 0.15) is 11.3 Å². The molecule has 0 bridgehead atoms. The second-order valence-electron chi connectivity index (χ2n) is 5.90. The number of benzene rings is 2. The monoisotopic (exact) mass is 399 g/mol. The van der Waals surface area contributed by atoms with Crippen LogP contribution in [0.3, 0.4) is 0 Å². The van der Waals surface area contributed by atoms with Gasteiger partial charge < -0.3 is 5.32 Å². The fourth-order valence-electron chi connectivity index (χ4n) is 2.47. The third kappa shape index (κ3) is 5.21. The number of nitrogens with one attached hydrogen (secondary N) is 1. The number of halogens is 1. The predicted molar refractivity (Wildman–Crippen MR) is 109 cm³/mol. The van der Waals surface area contributed by atoms with Gasteiger partial charge in [0, 0.05) is 28.2 Å². The molecule has 0 atom stereocenters. The lowest BCUT2D eigenvalue weighted by Crippen LogP contribution is -2.29. The first kappa shape index (κ1) is 19.2. The summed E-state index contributed by atoms with van der Waals surface area (Å²) in [7, 11) is 0. The van der Waals surface area contributed by atoms with Crippen LogP contribution in [0.4, 0.5) is 5.69 Å². The van der Waals surface area contributed by atoms with Crippen LogP contribution in [0, 0.1) is 6.92 Å². The van der Waals surface area contributed by atoms with E-state index in [0.29, 0.717) is 27.3 Å². The van der Waals surface area contributed by atoms with Crippen molar-refractivity contribution >= 4 is 35.0 Å². The second-order valence-corrected chi connectivity index (χ2v) is 7.25. The Labute approximate surface area is 166 Å². The molecule has 0 saturated carbocycles. The fraction of sp³-hybridized carbons (Fsp3) is 0.150. The van der Waals surface area contributed by atoms with Crippen LogP contribution in [0.5, 0.6) is 0 Å². The molecule has 0 aliphatic rings. The summed E-state index contributed by atoms with van der Waals surface area (Å²) in [6.45, 7) is 1.65. The number of anilines is 1. The zero-order chi connectivity index (χ0) is 19.2. The van der Waals surface area contributed by atoms with E-state index in [-0.39, 0.29) is 18.0 Å². The van der Waals surface area contributed by atoms with Gasteiger partial charge in [0.15, 0.2) is 5.16 Å². The van der Waals surface area contributed by atoms with Crippen LogP contribution >= 0.6 is 23.4 Å². The van der Waals surface area contributed by atoms with Crippen molar-refractivity contribution in [3.63, 3.8) is 0 Å². The summed E-state index contributed by atoms with van der Waals surface area (Å²) in [5, 5.41) is 3.94. The number of carbonyl (C=O) groups is 1. The molecule has 0 spiro atoms. The van der Waals surface area contributed by atoms with Crippen molar-refractivity contribution in [2.45, 2.75) is 24.4 Å². The summed E-state index contributed by atoms with van der Waals surface area (Å²) in [6.07, 6.45) is 0. The van der Waals surface area contributed by atoms with Gasteiger partial charge in [0.1, 0.15) is 6.54 Å². The number of para-hydroxylation sites is 1. The lowest BCUT2D eigenvalue weighted by molar-refractivity contribution is -0.116. The lowest BCUT2D eigenvalue weighted by atomic mass is 10.2. The SMILES string of the molecule is Cc1cc(=O)n(CC(=O)Nc2ccccc2)c(SCc2ccccc2Cl)n1. The van der Waals surface area contributed by atoms with E-state index < -0.39 is 0 Å². The smallest absolute Gasteiger partial charge is 0.254 e. The highest BCUT2D eigenvalue weighted by Crippen LogP contribution is 2.25. The number of aryl methyl sites for hydroxylation is 1. The van der Waals surface area contributed by atoms with Crippen LogP contribution in [-0.4, -0.2) is 15.5 Å². The van der Waals surface area contributed by atoms with Gasteiger partial charge >= 0.3 is 0 Å². The van der Waals surface area contributed by atoms with Crippen LogP contribution in [0.2, 0.25) is 5.02 Å². The van der Waals surface area contributed by atoms with E-state index in [0.717, 1.165) is 5.56 Å². The summed E-state index contributed by atoms with van der Waals surface area (Å²) >= 11 is 7.58. The third-order valence-corrected chi connectivity index (χ3v) is 5.17. The molecule has 0 aliphatic heterocycles. The van der Waals surface area contributed by atoms with E-state index in [1.165, 1.54) is 22.4 Å². The molecule has 0 aliphatic carbocycles. The molecule has 3 rings (SSSR count). The van der Waals surface area contributed by atoms with E-state index in [1.54, 1.807) is 19.1 Å². The molecule has 2 aromatic carbocycles. The van der Waals surface area contributed by atoms with E-state index in [9.17, 15) is 9.59 Å². The van der Waals surface area contributed by atoms with E-state index in [4.69, 9.17) is 11.6 Å². The van der Waals surface area contributed by atoms with Crippen molar-refractivity contribution in [3.8, 4) is 0 Å². The molecular weight excluding hydrogens is 382 g/mol. The molecule has 138 valence electrons. The summed E-state index contributed by atoms with van der Waals surface area (Å²) < 4.78 is 1.38. The summed E-state index contributed by atoms with van der Waals surface area (Å²) in [6, 6.07) is 18.1. The van der Waals surface area contributed by atoms with Gasteiger partial charge in [-0.3, -0.25) is 14.2 Å². The Balaban J connectivity index is 1.79. The average molecular weight is 400 g/mol. The van der Waals surface area contributed by atoms with Crippen molar-refractivity contribution < 1.29 is 4.79 Å². The highest BCUT2D eigenvalue weighted by molar-refractivity contribution is 7.98. The average Bonchev–Trinajstić information content (AvgIpc) is 2.64. The van der Waals surface area contributed by atoms with Gasteiger partial charge in [-0.1, -0.05) is 59.8 Å². The first-order valence-electron chi connectivity index (χ1n) is 8.32. The minimum atomic E-state index is -0.284. The van der Waals surface area contributed by atoms with E-state index in [1.807, 2.05) is 42.5 Å². The van der Waals surface area contributed by atoms with Crippen molar-refractivity contribution in [1.82, 2.24) is 9.55 Å². The highest BCUT2D eigenvalue weighted by Gasteiger charge is 2.13. The molecule has 0 fully saturated rings. The molecule has 1 N–H and O–H groups in total. The van der Waals surface area contributed by atoms with Crippen molar-refractivity contribution in [1.29, 1.82) is 0 Å². The minimum Gasteiger partial charge on any atom is -0.325 e. The second kappa shape index (κ2) is 8.88. The Kier molecular flexibility index (Phi) is 6.32. The largest absolute Gasteiger partial charge is 0.325 e. The number of hydrogen-bond donors (Lipinski definition) is 1. The Morgan fingerprint density at radius 2 is 1.85 bits per heavy atom. The number of rotatable bonds is 6. The van der Waals surface area contributed by atoms with Crippen LogP contribution in [0.25, 0.3) is 0 Å². The number of amides is 1. The first-order chi connectivity index (χ1) is 13.0. The molecule has 27 heavy (non-hydrogen) atoms. The Morgan fingerprint density at radius 3 is 2.59 bits per heavy atom. The summed E-state index contributed by atoms with van der Waals surface area (Å²) in [4.78, 5) is 29.2. The van der Waals surface area contributed by atoms with Crippen LogP contribution < -0.4 is 10.9 Å². The minimum absolute atomic E-state index is 0.105. The summed E-state index contributed by atoms with van der Waals surface area (Å²) in [5.41, 5.74) is 1.98. The standard InChI is InChI=1S/C20H18ClN3O2S/c1-14-11-19(26)24(12-18(25)23-16-8-3-2-4-9-16)20(22-14)27-13-15-7-5-6-10-17(15)21/h2-11H,12-13H2,1H3,(H,23,25). The Bertz CT molecular complexity index is 1010. The first-order valence-corrected chi connectivity index (χ1v) is 9.69. The van der Waals surface area contributed by atoms with Gasteiger partial charge in [0.25, 0.3) is 5.56 Å². The maximum atomic E-state index is 12.4. The topological polar surface area (TPSA) is 64.0 Å². The molecule has 0 radical (unpaired) electrons. The number of aromatic nitrogens is 2. The molecule has 0 unspecified atom stereocenters. The molecule has 0 saturated heterocycles. The molecule has 1 amide bonds. The van der Waals surface area contributed by atoms with E-state index in [2.05, 4.69) is 10.3 Å². The van der Waals surface area contributed by atoms with E-state index >= 15 is 0 Å². The highest BCUT2D eigenvalue weighted by atomic mass is 35.5. The number of hydrogen-bond acceptors (Lipinski definition) is 4. The lowest BCUT2D eigenvalue weighted by Gasteiger charge is -2.13. The van der Waals surface area contributed by atoms with Gasteiger partial charge in [-0.15, -0.1) is 0 Å². The van der Waals surface area contributed by atoms with Crippen molar-refractivity contribution in [2.75, 3.05) is 5.32 Å². The van der Waals surface area contributed by atoms with Crippen molar-refractivity contribution in [3.05, 3.63) is 87.3 Å². The third-order valence-electron chi connectivity index (χ3n) is 3.78. The molecular formula is C20H18ClN3O2S. The quantitative estimate of drug-likeness (QED) is 0.500. The van der Waals surface area contributed by atoms with Gasteiger partial charge in [-0.25, -0.2) is 4.98 Å². The summed E-state index contributed by atoms with van der Waals surface area (Å²) in [5.74, 6) is 0.268. The number of thioether (sulfide) groups is 1. The Hall–Kier alpha value is -2.57. The molecule has 7 heteroatoms. The zero-order valence-corrected chi connectivity index (χ0v) is 16.3. The van der Waals surface area contributed by atoms with Crippen molar-refractivity contribution in [2.24, 2.45) is 0 Å². The maximum absolute atomic E-state index is 12.4. The normalized spacial score (nSPS) is 10.6. The van der Waals surface area contributed by atoms with Crippen LogP contribution in [-0.2, 0) is 17.1 Å². The predicted octanol–water partition coefficient (Wildman–Crippen LogP) is 4.14. The molecule has 5 nitrogen and oxygen atoms in total. The van der Waals surface area contributed by atoms with Gasteiger partial charge in [0.05, 0.1) is 0 Å². The fourth-order valence-corrected chi connectivity index (χ4v) is 3.81. The Morgan fingerprint density at radius 1 is 1.15 bits per heavy atom. The van der Waals surface area contributed by atoms with Gasteiger partial charge in [-0.2, -0.15) is 0 Å². The molecule has 3 aromatic rings. The molecule has 1 aromatic heterocycles.